The first-order valence-electron chi connectivity index (χ1n) is 7.33. The number of ether oxygens (including phenoxy) is 1. The molecule has 0 aromatic carbocycles. The van der Waals surface area contributed by atoms with Crippen LogP contribution in [0.2, 0.25) is 0 Å². The molecule has 2 N–H and O–H groups in total. The highest BCUT2D eigenvalue weighted by Gasteiger charge is 2.32. The van der Waals surface area contributed by atoms with Crippen LogP contribution in [-0.4, -0.2) is 42.6 Å². The molecule has 2 aliphatic heterocycles. The number of hydrogen-bond donors (Lipinski definition) is 1. The van der Waals surface area contributed by atoms with Crippen molar-refractivity contribution in [3.63, 3.8) is 0 Å². The molecule has 1 amide bonds. The van der Waals surface area contributed by atoms with Crippen LogP contribution in [0.1, 0.15) is 45.4 Å². The molecule has 2 aliphatic rings. The molecule has 0 saturated carbocycles. The van der Waals surface area contributed by atoms with E-state index in [0.717, 1.165) is 32.4 Å². The average molecular weight is 254 g/mol. The van der Waals surface area contributed by atoms with Gasteiger partial charge in [0.1, 0.15) is 0 Å². The molecule has 0 aromatic heterocycles. The van der Waals surface area contributed by atoms with E-state index >= 15 is 0 Å². The van der Waals surface area contributed by atoms with E-state index in [1.54, 1.807) is 0 Å². The Morgan fingerprint density at radius 3 is 2.83 bits per heavy atom. The summed E-state index contributed by atoms with van der Waals surface area (Å²) in [4.78, 5) is 14.4. The lowest BCUT2D eigenvalue weighted by Crippen LogP contribution is -2.52. The Hall–Kier alpha value is -0.610. The highest BCUT2D eigenvalue weighted by Crippen LogP contribution is 2.25. The van der Waals surface area contributed by atoms with Crippen LogP contribution in [0, 0.1) is 5.92 Å². The van der Waals surface area contributed by atoms with Gasteiger partial charge in [0, 0.05) is 25.7 Å². The number of rotatable bonds is 3. The molecule has 0 unspecified atom stereocenters. The predicted octanol–water partition coefficient (Wildman–Crippen LogP) is 1.53. The summed E-state index contributed by atoms with van der Waals surface area (Å²) in [7, 11) is 0. The molecule has 2 fully saturated rings. The number of nitrogens with two attached hydrogens (primary N) is 1. The van der Waals surface area contributed by atoms with Gasteiger partial charge in [-0.3, -0.25) is 4.79 Å². The minimum atomic E-state index is 0.141. The van der Waals surface area contributed by atoms with Crippen LogP contribution in [0.15, 0.2) is 0 Å². The number of nitrogens with zero attached hydrogens (tertiary/aromatic N) is 1. The van der Waals surface area contributed by atoms with Crippen LogP contribution in [0.5, 0.6) is 0 Å². The van der Waals surface area contributed by atoms with Crippen LogP contribution in [-0.2, 0) is 9.53 Å². The molecule has 0 aromatic rings. The molecule has 2 rings (SSSR count). The first kappa shape index (κ1) is 13.8. The Balaban J connectivity index is 1.89. The Morgan fingerprint density at radius 2 is 2.17 bits per heavy atom. The van der Waals surface area contributed by atoms with Crippen molar-refractivity contribution >= 4 is 5.91 Å². The van der Waals surface area contributed by atoms with Gasteiger partial charge in [0.2, 0.25) is 5.91 Å². The van der Waals surface area contributed by atoms with Gasteiger partial charge in [0.05, 0.1) is 12.5 Å². The summed E-state index contributed by atoms with van der Waals surface area (Å²) < 4.78 is 5.66. The van der Waals surface area contributed by atoms with Crippen molar-refractivity contribution in [2.45, 2.75) is 57.6 Å². The van der Waals surface area contributed by atoms with E-state index in [9.17, 15) is 4.79 Å². The first-order chi connectivity index (χ1) is 8.72. The molecule has 104 valence electrons. The van der Waals surface area contributed by atoms with E-state index in [1.807, 2.05) is 4.90 Å². The fourth-order valence-corrected chi connectivity index (χ4v) is 3.20. The van der Waals surface area contributed by atoms with E-state index in [4.69, 9.17) is 10.5 Å². The number of amides is 1. The van der Waals surface area contributed by atoms with Crippen molar-refractivity contribution in [3.05, 3.63) is 0 Å². The molecule has 2 saturated heterocycles. The summed E-state index contributed by atoms with van der Waals surface area (Å²) >= 11 is 0. The second kappa shape index (κ2) is 6.53. The minimum absolute atomic E-state index is 0.141. The smallest absolute Gasteiger partial charge is 0.225 e. The number of likely N-dealkylation sites (tertiary alicyclic amines) is 1. The van der Waals surface area contributed by atoms with Crippen molar-refractivity contribution in [1.29, 1.82) is 0 Å². The molecule has 0 bridgehead atoms. The zero-order valence-corrected chi connectivity index (χ0v) is 11.4. The standard InChI is InChI=1S/C14H26N2O2/c1-11-5-4-7-16(13(11)10-15)14(17)9-12-6-2-3-8-18-12/h11-13H,2-10,15H2,1H3/t11-,12+,13+/m1/s1. The molecule has 2 heterocycles. The second-order valence-corrected chi connectivity index (χ2v) is 5.70. The molecular weight excluding hydrogens is 228 g/mol. The summed E-state index contributed by atoms with van der Waals surface area (Å²) in [5, 5.41) is 0. The number of piperidine rings is 1. The van der Waals surface area contributed by atoms with Gasteiger partial charge in [-0.15, -0.1) is 0 Å². The van der Waals surface area contributed by atoms with Gasteiger partial charge in [-0.05, 0) is 38.0 Å². The maximum absolute atomic E-state index is 12.4. The SMILES string of the molecule is C[C@@H]1CCCN(C(=O)C[C@@H]2CCCCO2)[C@H]1CN. The number of hydrogen-bond acceptors (Lipinski definition) is 3. The first-order valence-corrected chi connectivity index (χ1v) is 7.33. The number of carbonyl (C=O) groups excluding carboxylic acids is 1. The fourth-order valence-electron chi connectivity index (χ4n) is 3.20. The summed E-state index contributed by atoms with van der Waals surface area (Å²) in [5.41, 5.74) is 5.83. The molecule has 4 heteroatoms. The monoisotopic (exact) mass is 254 g/mol. The Bertz CT molecular complexity index is 277. The maximum Gasteiger partial charge on any atom is 0.225 e. The number of carbonyl (C=O) groups is 1. The lowest BCUT2D eigenvalue weighted by atomic mass is 9.90. The van der Waals surface area contributed by atoms with Crippen LogP contribution >= 0.6 is 0 Å². The van der Waals surface area contributed by atoms with Gasteiger partial charge in [-0.25, -0.2) is 0 Å². The van der Waals surface area contributed by atoms with Crippen molar-refractivity contribution < 1.29 is 9.53 Å². The third-order valence-electron chi connectivity index (χ3n) is 4.35. The topological polar surface area (TPSA) is 55.6 Å². The Labute approximate surface area is 110 Å². The van der Waals surface area contributed by atoms with E-state index in [0.29, 0.717) is 18.9 Å². The van der Waals surface area contributed by atoms with Gasteiger partial charge in [-0.1, -0.05) is 6.92 Å². The second-order valence-electron chi connectivity index (χ2n) is 5.70. The zero-order valence-electron chi connectivity index (χ0n) is 11.4. The molecular formula is C14H26N2O2. The largest absolute Gasteiger partial charge is 0.378 e. The normalized spacial score (nSPS) is 33.4. The van der Waals surface area contributed by atoms with E-state index in [-0.39, 0.29) is 18.1 Å². The van der Waals surface area contributed by atoms with Crippen LogP contribution in [0.25, 0.3) is 0 Å². The molecule has 3 atom stereocenters. The minimum Gasteiger partial charge on any atom is -0.378 e. The Kier molecular flexibility index (Phi) is 5.01. The lowest BCUT2D eigenvalue weighted by Gasteiger charge is -2.40. The van der Waals surface area contributed by atoms with E-state index in [2.05, 4.69) is 6.92 Å². The summed E-state index contributed by atoms with van der Waals surface area (Å²) in [6, 6.07) is 0.231. The van der Waals surface area contributed by atoms with Crippen LogP contribution in [0.3, 0.4) is 0 Å². The van der Waals surface area contributed by atoms with Gasteiger partial charge in [-0.2, -0.15) is 0 Å². The third-order valence-corrected chi connectivity index (χ3v) is 4.35. The molecule has 18 heavy (non-hydrogen) atoms. The maximum atomic E-state index is 12.4. The van der Waals surface area contributed by atoms with Crippen LogP contribution in [0.4, 0.5) is 0 Å². The summed E-state index contributed by atoms with van der Waals surface area (Å²) in [5.74, 6) is 0.767. The quantitative estimate of drug-likeness (QED) is 0.831. The lowest BCUT2D eigenvalue weighted by molar-refractivity contribution is -0.140. The summed E-state index contributed by atoms with van der Waals surface area (Å²) in [6.45, 7) is 4.47. The average Bonchev–Trinajstić information content (AvgIpc) is 2.39. The molecule has 0 spiro atoms. The van der Waals surface area contributed by atoms with Crippen LogP contribution < -0.4 is 5.73 Å². The molecule has 0 radical (unpaired) electrons. The molecule has 0 aliphatic carbocycles. The fraction of sp³-hybridized carbons (Fsp3) is 0.929. The van der Waals surface area contributed by atoms with Crippen molar-refractivity contribution in [2.24, 2.45) is 11.7 Å². The van der Waals surface area contributed by atoms with Crippen molar-refractivity contribution in [1.82, 2.24) is 4.90 Å². The van der Waals surface area contributed by atoms with E-state index < -0.39 is 0 Å². The Morgan fingerprint density at radius 1 is 1.33 bits per heavy atom. The third kappa shape index (κ3) is 3.23. The zero-order chi connectivity index (χ0) is 13.0. The summed E-state index contributed by atoms with van der Waals surface area (Å²) in [6.07, 6.45) is 6.33. The van der Waals surface area contributed by atoms with Gasteiger partial charge >= 0.3 is 0 Å². The predicted molar refractivity (Wildman–Crippen MR) is 71.2 cm³/mol. The van der Waals surface area contributed by atoms with Crippen molar-refractivity contribution in [3.8, 4) is 0 Å². The van der Waals surface area contributed by atoms with Gasteiger partial charge in [0.25, 0.3) is 0 Å². The highest BCUT2D eigenvalue weighted by atomic mass is 16.5. The van der Waals surface area contributed by atoms with Gasteiger partial charge in [0.15, 0.2) is 0 Å². The highest BCUT2D eigenvalue weighted by molar-refractivity contribution is 5.77. The van der Waals surface area contributed by atoms with Gasteiger partial charge < -0.3 is 15.4 Å². The van der Waals surface area contributed by atoms with Crippen molar-refractivity contribution in [2.75, 3.05) is 19.7 Å². The molecule has 4 nitrogen and oxygen atoms in total. The van der Waals surface area contributed by atoms with E-state index in [1.165, 1.54) is 12.8 Å².